The largest absolute Gasteiger partial charge is 0.368 e. The van der Waals surface area contributed by atoms with Crippen molar-refractivity contribution in [3.05, 3.63) is 18.1 Å². The van der Waals surface area contributed by atoms with E-state index in [1.165, 1.54) is 25.7 Å². The summed E-state index contributed by atoms with van der Waals surface area (Å²) in [7, 11) is 0. The number of anilines is 1. The van der Waals surface area contributed by atoms with Gasteiger partial charge in [0.25, 0.3) is 0 Å². The third kappa shape index (κ3) is 2.94. The van der Waals surface area contributed by atoms with Crippen molar-refractivity contribution in [2.24, 2.45) is 11.8 Å². The maximum atomic E-state index is 4.31. The first-order valence-electron chi connectivity index (χ1n) is 6.27. The Balaban J connectivity index is 1.85. The third-order valence-corrected chi connectivity index (χ3v) is 3.48. The normalized spacial score (nSPS) is 25.4. The van der Waals surface area contributed by atoms with E-state index in [0.29, 0.717) is 0 Å². The standard InChI is InChI=1S/C13H21N3/c1-10-4-3-5-12(8-10)9-16-13-11(2)14-6-7-15-13/h6-7,10,12H,3-5,8-9H2,1-2H3,(H,15,16). The highest BCUT2D eigenvalue weighted by atomic mass is 15.0. The SMILES string of the molecule is Cc1nccnc1NCC1CCCC(C)C1. The minimum atomic E-state index is 0.810. The quantitative estimate of drug-likeness (QED) is 0.849. The molecule has 1 aromatic rings. The van der Waals surface area contributed by atoms with Crippen molar-refractivity contribution >= 4 is 5.82 Å². The lowest BCUT2D eigenvalue weighted by atomic mass is 9.82. The molecule has 2 rings (SSSR count). The molecule has 0 bridgehead atoms. The Hall–Kier alpha value is -1.12. The maximum Gasteiger partial charge on any atom is 0.147 e. The third-order valence-electron chi connectivity index (χ3n) is 3.48. The summed E-state index contributed by atoms with van der Waals surface area (Å²) in [5, 5.41) is 3.43. The lowest BCUT2D eigenvalue weighted by molar-refractivity contribution is 0.293. The number of aromatic nitrogens is 2. The van der Waals surface area contributed by atoms with Crippen LogP contribution in [0.4, 0.5) is 5.82 Å². The fourth-order valence-corrected chi connectivity index (χ4v) is 2.57. The smallest absolute Gasteiger partial charge is 0.147 e. The summed E-state index contributed by atoms with van der Waals surface area (Å²) in [5.74, 6) is 2.65. The molecule has 16 heavy (non-hydrogen) atoms. The molecule has 1 heterocycles. The molecule has 1 aromatic heterocycles. The zero-order valence-corrected chi connectivity index (χ0v) is 10.2. The summed E-state index contributed by atoms with van der Waals surface area (Å²) in [4.78, 5) is 8.54. The van der Waals surface area contributed by atoms with Crippen LogP contribution < -0.4 is 5.32 Å². The van der Waals surface area contributed by atoms with E-state index in [2.05, 4.69) is 22.2 Å². The maximum absolute atomic E-state index is 4.31. The van der Waals surface area contributed by atoms with E-state index in [1.54, 1.807) is 12.4 Å². The predicted molar refractivity (Wildman–Crippen MR) is 66.4 cm³/mol. The van der Waals surface area contributed by atoms with Crippen LogP contribution in [0.2, 0.25) is 0 Å². The molecule has 1 aliphatic carbocycles. The molecule has 2 atom stereocenters. The molecule has 0 radical (unpaired) electrons. The van der Waals surface area contributed by atoms with Gasteiger partial charge in [0.15, 0.2) is 0 Å². The topological polar surface area (TPSA) is 37.8 Å². The van der Waals surface area contributed by atoms with Crippen LogP contribution in [0.25, 0.3) is 0 Å². The van der Waals surface area contributed by atoms with E-state index in [0.717, 1.165) is 29.9 Å². The summed E-state index contributed by atoms with van der Waals surface area (Å²) in [6.45, 7) is 5.41. The summed E-state index contributed by atoms with van der Waals surface area (Å²) in [6.07, 6.45) is 8.98. The molecule has 0 aromatic carbocycles. The lowest BCUT2D eigenvalue weighted by Gasteiger charge is -2.27. The van der Waals surface area contributed by atoms with Gasteiger partial charge in [0.05, 0.1) is 5.69 Å². The average Bonchev–Trinajstić information content (AvgIpc) is 2.28. The first-order valence-corrected chi connectivity index (χ1v) is 6.27. The van der Waals surface area contributed by atoms with Crippen molar-refractivity contribution in [2.75, 3.05) is 11.9 Å². The lowest BCUT2D eigenvalue weighted by Crippen LogP contribution is -2.21. The fraction of sp³-hybridized carbons (Fsp3) is 0.692. The average molecular weight is 219 g/mol. The van der Waals surface area contributed by atoms with Crippen LogP contribution in [0.5, 0.6) is 0 Å². The second kappa shape index (κ2) is 5.28. The van der Waals surface area contributed by atoms with E-state index in [1.807, 2.05) is 6.92 Å². The number of hydrogen-bond acceptors (Lipinski definition) is 3. The van der Waals surface area contributed by atoms with Crippen LogP contribution in [0.15, 0.2) is 12.4 Å². The molecule has 0 saturated heterocycles. The minimum absolute atomic E-state index is 0.810. The van der Waals surface area contributed by atoms with E-state index in [9.17, 15) is 0 Å². The number of hydrogen-bond donors (Lipinski definition) is 1. The molecule has 0 spiro atoms. The molecule has 0 amide bonds. The van der Waals surface area contributed by atoms with Gasteiger partial charge >= 0.3 is 0 Å². The van der Waals surface area contributed by atoms with Gasteiger partial charge in [-0.25, -0.2) is 4.98 Å². The fourth-order valence-electron chi connectivity index (χ4n) is 2.57. The van der Waals surface area contributed by atoms with Gasteiger partial charge in [0.2, 0.25) is 0 Å². The number of nitrogens with zero attached hydrogens (tertiary/aromatic N) is 2. The monoisotopic (exact) mass is 219 g/mol. The number of aryl methyl sites for hydroxylation is 1. The van der Waals surface area contributed by atoms with E-state index < -0.39 is 0 Å². The van der Waals surface area contributed by atoms with Gasteiger partial charge in [-0.2, -0.15) is 0 Å². The Bertz CT molecular complexity index is 338. The van der Waals surface area contributed by atoms with Gasteiger partial charge < -0.3 is 5.32 Å². The van der Waals surface area contributed by atoms with Crippen LogP contribution in [0.3, 0.4) is 0 Å². The Labute approximate surface area is 97.7 Å². The Kier molecular flexibility index (Phi) is 3.75. The van der Waals surface area contributed by atoms with Crippen molar-refractivity contribution in [2.45, 2.75) is 39.5 Å². The molecule has 1 fully saturated rings. The van der Waals surface area contributed by atoms with Crippen LogP contribution in [-0.2, 0) is 0 Å². The second-order valence-corrected chi connectivity index (χ2v) is 5.01. The summed E-state index contributed by atoms with van der Waals surface area (Å²) >= 11 is 0. The first-order chi connectivity index (χ1) is 7.75. The molecule has 3 heteroatoms. The highest BCUT2D eigenvalue weighted by Crippen LogP contribution is 2.28. The van der Waals surface area contributed by atoms with Gasteiger partial charge in [-0.3, -0.25) is 4.98 Å². The Morgan fingerprint density at radius 3 is 2.88 bits per heavy atom. The van der Waals surface area contributed by atoms with Crippen molar-refractivity contribution in [1.29, 1.82) is 0 Å². The first kappa shape index (κ1) is 11.4. The molecule has 3 nitrogen and oxygen atoms in total. The zero-order chi connectivity index (χ0) is 11.4. The van der Waals surface area contributed by atoms with Gasteiger partial charge in [-0.1, -0.05) is 19.8 Å². The van der Waals surface area contributed by atoms with Crippen LogP contribution in [0.1, 0.15) is 38.3 Å². The van der Waals surface area contributed by atoms with Crippen molar-refractivity contribution < 1.29 is 0 Å². The molecule has 2 unspecified atom stereocenters. The van der Waals surface area contributed by atoms with Crippen LogP contribution in [-0.4, -0.2) is 16.5 Å². The molecular formula is C13H21N3. The van der Waals surface area contributed by atoms with E-state index >= 15 is 0 Å². The summed E-state index contributed by atoms with van der Waals surface area (Å²) in [5.41, 5.74) is 0.992. The highest BCUT2D eigenvalue weighted by molar-refractivity contribution is 5.38. The Morgan fingerprint density at radius 1 is 1.31 bits per heavy atom. The minimum Gasteiger partial charge on any atom is -0.368 e. The summed E-state index contributed by atoms with van der Waals surface area (Å²) in [6, 6.07) is 0. The predicted octanol–water partition coefficient (Wildman–Crippen LogP) is 3.02. The number of nitrogens with one attached hydrogen (secondary N) is 1. The molecule has 1 saturated carbocycles. The van der Waals surface area contributed by atoms with Crippen molar-refractivity contribution in [3.63, 3.8) is 0 Å². The summed E-state index contributed by atoms with van der Waals surface area (Å²) < 4.78 is 0. The molecule has 1 N–H and O–H groups in total. The highest BCUT2D eigenvalue weighted by Gasteiger charge is 2.18. The molecule has 1 aliphatic rings. The second-order valence-electron chi connectivity index (χ2n) is 5.01. The van der Waals surface area contributed by atoms with Crippen LogP contribution in [0, 0.1) is 18.8 Å². The van der Waals surface area contributed by atoms with Crippen molar-refractivity contribution in [3.8, 4) is 0 Å². The van der Waals surface area contributed by atoms with E-state index in [-0.39, 0.29) is 0 Å². The van der Waals surface area contributed by atoms with E-state index in [4.69, 9.17) is 0 Å². The van der Waals surface area contributed by atoms with Gasteiger partial charge in [-0.05, 0) is 31.6 Å². The Morgan fingerprint density at radius 2 is 2.12 bits per heavy atom. The molecule has 0 aliphatic heterocycles. The van der Waals surface area contributed by atoms with Gasteiger partial charge in [-0.15, -0.1) is 0 Å². The molecule has 88 valence electrons. The zero-order valence-electron chi connectivity index (χ0n) is 10.2. The van der Waals surface area contributed by atoms with Gasteiger partial charge in [0, 0.05) is 18.9 Å². The molecular weight excluding hydrogens is 198 g/mol. The van der Waals surface area contributed by atoms with Crippen LogP contribution >= 0.6 is 0 Å². The van der Waals surface area contributed by atoms with Gasteiger partial charge in [0.1, 0.15) is 5.82 Å². The number of rotatable bonds is 3. The van der Waals surface area contributed by atoms with Crippen molar-refractivity contribution in [1.82, 2.24) is 9.97 Å².